The van der Waals surface area contributed by atoms with Crippen molar-refractivity contribution in [3.63, 3.8) is 0 Å². The molecule has 6 heteroatoms. The molecular formula is C29H26FNO4. The number of hydrogen-bond acceptors (Lipinski definition) is 4. The number of carbonyl (C=O) groups excluding carboxylic acids is 1. The van der Waals surface area contributed by atoms with Crippen molar-refractivity contribution in [2.75, 3.05) is 6.61 Å². The maximum atomic E-state index is 14.0. The summed E-state index contributed by atoms with van der Waals surface area (Å²) in [7, 11) is 0. The number of nitrogens with zero attached hydrogens (tertiary/aromatic N) is 1. The molecule has 5 rings (SSSR count). The lowest BCUT2D eigenvalue weighted by molar-refractivity contribution is 0.0714. The molecule has 1 unspecified atom stereocenters. The third-order valence-corrected chi connectivity index (χ3v) is 6.34. The van der Waals surface area contributed by atoms with Gasteiger partial charge in [-0.15, -0.1) is 0 Å². The number of amides is 1. The minimum atomic E-state index is -0.683. The highest BCUT2D eigenvalue weighted by atomic mass is 19.1. The zero-order valence-electron chi connectivity index (χ0n) is 19.7. The van der Waals surface area contributed by atoms with Crippen molar-refractivity contribution in [3.05, 3.63) is 111 Å². The van der Waals surface area contributed by atoms with E-state index >= 15 is 0 Å². The van der Waals surface area contributed by atoms with Crippen LogP contribution in [-0.4, -0.2) is 17.4 Å². The van der Waals surface area contributed by atoms with E-state index in [4.69, 9.17) is 9.15 Å². The summed E-state index contributed by atoms with van der Waals surface area (Å²) in [5.41, 5.74) is 2.80. The summed E-state index contributed by atoms with van der Waals surface area (Å²) in [6.07, 6.45) is 1.94. The molecule has 0 N–H and O–H groups in total. The summed E-state index contributed by atoms with van der Waals surface area (Å²) in [4.78, 5) is 28.8. The molecule has 3 aromatic carbocycles. The summed E-state index contributed by atoms with van der Waals surface area (Å²) in [5, 5.41) is 0.120. The molecule has 1 aliphatic heterocycles. The largest absolute Gasteiger partial charge is 0.494 e. The average Bonchev–Trinajstić information content (AvgIpc) is 3.13. The van der Waals surface area contributed by atoms with E-state index in [1.165, 1.54) is 12.1 Å². The van der Waals surface area contributed by atoms with Gasteiger partial charge in [-0.2, -0.15) is 0 Å². The molecule has 1 atom stereocenters. The lowest BCUT2D eigenvalue weighted by Crippen LogP contribution is -2.29. The van der Waals surface area contributed by atoms with Crippen LogP contribution in [0.5, 0.6) is 5.75 Å². The maximum Gasteiger partial charge on any atom is 0.291 e. The molecule has 0 aliphatic carbocycles. The van der Waals surface area contributed by atoms with Crippen molar-refractivity contribution in [2.24, 2.45) is 0 Å². The van der Waals surface area contributed by atoms with Crippen molar-refractivity contribution in [2.45, 2.75) is 39.3 Å². The molecule has 0 bridgehead atoms. The summed E-state index contributed by atoms with van der Waals surface area (Å²) in [5.74, 6) is -0.230. The Hall–Kier alpha value is -3.93. The van der Waals surface area contributed by atoms with Crippen LogP contribution in [0.3, 0.4) is 0 Å². The van der Waals surface area contributed by atoms with E-state index in [-0.39, 0.29) is 28.2 Å². The topological polar surface area (TPSA) is 59.8 Å². The molecule has 35 heavy (non-hydrogen) atoms. The van der Waals surface area contributed by atoms with Crippen molar-refractivity contribution in [1.29, 1.82) is 0 Å². The quantitative estimate of drug-likeness (QED) is 0.303. The standard InChI is InChI=1S/C29H26FNO4/c1-3-4-14-34-22-7-5-6-20(15-22)26-25-27(32)23-16-21(30)12-13-24(23)35-28(25)29(33)31(26)17-19-10-8-18(2)9-11-19/h5-13,15-16,26H,3-4,14,17H2,1-2H3. The highest BCUT2D eigenvalue weighted by Gasteiger charge is 2.42. The Labute approximate surface area is 202 Å². The van der Waals surface area contributed by atoms with Gasteiger partial charge in [0.15, 0.2) is 5.43 Å². The lowest BCUT2D eigenvalue weighted by Gasteiger charge is -2.25. The minimum absolute atomic E-state index is 0.00326. The second-order valence-electron chi connectivity index (χ2n) is 8.91. The molecule has 178 valence electrons. The maximum absolute atomic E-state index is 14.0. The Bertz CT molecular complexity index is 1460. The predicted octanol–water partition coefficient (Wildman–Crippen LogP) is 6.16. The van der Waals surface area contributed by atoms with Gasteiger partial charge in [0.25, 0.3) is 5.91 Å². The van der Waals surface area contributed by atoms with E-state index < -0.39 is 17.3 Å². The van der Waals surface area contributed by atoms with E-state index in [1.54, 1.807) is 4.90 Å². The van der Waals surface area contributed by atoms with Gasteiger partial charge in [-0.05, 0) is 54.8 Å². The first-order valence-corrected chi connectivity index (χ1v) is 11.8. The summed E-state index contributed by atoms with van der Waals surface area (Å²) >= 11 is 0. The van der Waals surface area contributed by atoms with Crippen LogP contribution in [0.2, 0.25) is 0 Å². The Morgan fingerprint density at radius 3 is 2.60 bits per heavy atom. The highest BCUT2D eigenvalue weighted by molar-refractivity contribution is 5.99. The van der Waals surface area contributed by atoms with Crippen LogP contribution in [0.25, 0.3) is 11.0 Å². The Morgan fingerprint density at radius 1 is 1.03 bits per heavy atom. The van der Waals surface area contributed by atoms with Gasteiger partial charge >= 0.3 is 0 Å². The predicted molar refractivity (Wildman–Crippen MR) is 132 cm³/mol. The molecule has 0 spiro atoms. The lowest BCUT2D eigenvalue weighted by atomic mass is 9.98. The second-order valence-corrected chi connectivity index (χ2v) is 8.91. The van der Waals surface area contributed by atoms with Crippen molar-refractivity contribution >= 4 is 16.9 Å². The van der Waals surface area contributed by atoms with Crippen molar-refractivity contribution < 1.29 is 18.3 Å². The van der Waals surface area contributed by atoms with Gasteiger partial charge in [0.2, 0.25) is 5.76 Å². The molecule has 0 fully saturated rings. The summed E-state index contributed by atoms with van der Waals surface area (Å²) in [6, 6.07) is 18.4. The van der Waals surface area contributed by atoms with Gasteiger partial charge in [-0.25, -0.2) is 4.39 Å². The van der Waals surface area contributed by atoms with E-state index in [0.717, 1.165) is 35.6 Å². The number of rotatable bonds is 7. The third-order valence-electron chi connectivity index (χ3n) is 6.34. The first-order chi connectivity index (χ1) is 17.0. The van der Waals surface area contributed by atoms with Crippen molar-refractivity contribution in [3.8, 4) is 5.75 Å². The van der Waals surface area contributed by atoms with Crippen LogP contribution in [0.15, 0.2) is 75.9 Å². The van der Waals surface area contributed by atoms with E-state index in [1.807, 2.05) is 55.5 Å². The third kappa shape index (κ3) is 4.32. The zero-order valence-corrected chi connectivity index (χ0v) is 19.7. The van der Waals surface area contributed by atoms with Gasteiger partial charge < -0.3 is 14.1 Å². The number of fused-ring (bicyclic) bond motifs is 2. The fraction of sp³-hybridized carbons (Fsp3) is 0.241. The van der Waals surface area contributed by atoms with Gasteiger partial charge in [0.1, 0.15) is 17.1 Å². The summed E-state index contributed by atoms with van der Waals surface area (Å²) in [6.45, 7) is 4.97. The number of benzene rings is 3. The summed E-state index contributed by atoms with van der Waals surface area (Å²) < 4.78 is 25.8. The highest BCUT2D eigenvalue weighted by Crippen LogP contribution is 2.40. The SMILES string of the molecule is CCCCOc1cccc(C2c3c(oc4ccc(F)cc4c3=O)C(=O)N2Cc2ccc(C)cc2)c1. The first kappa shape index (κ1) is 22.8. The van der Waals surface area contributed by atoms with Crippen LogP contribution in [0.4, 0.5) is 4.39 Å². The van der Waals surface area contributed by atoms with Gasteiger partial charge in [0.05, 0.1) is 23.6 Å². The number of unbranched alkanes of at least 4 members (excludes halogenated alkanes) is 1. The number of ether oxygens (including phenoxy) is 1. The monoisotopic (exact) mass is 471 g/mol. The fourth-order valence-corrected chi connectivity index (χ4v) is 4.50. The molecule has 0 saturated heterocycles. The molecule has 4 aromatic rings. The molecule has 5 nitrogen and oxygen atoms in total. The van der Waals surface area contributed by atoms with E-state index in [0.29, 0.717) is 18.9 Å². The number of carbonyl (C=O) groups is 1. The van der Waals surface area contributed by atoms with Gasteiger partial charge in [0, 0.05) is 6.54 Å². The van der Waals surface area contributed by atoms with E-state index in [2.05, 4.69) is 6.92 Å². The van der Waals surface area contributed by atoms with Crippen LogP contribution >= 0.6 is 0 Å². The van der Waals surface area contributed by atoms with Gasteiger partial charge in [-0.1, -0.05) is 55.3 Å². The normalized spacial score (nSPS) is 15.0. The Balaban J connectivity index is 1.65. The first-order valence-electron chi connectivity index (χ1n) is 11.8. The van der Waals surface area contributed by atoms with E-state index in [9.17, 15) is 14.0 Å². The molecule has 0 radical (unpaired) electrons. The van der Waals surface area contributed by atoms with Gasteiger partial charge in [-0.3, -0.25) is 9.59 Å². The molecule has 0 saturated carbocycles. The zero-order chi connectivity index (χ0) is 24.5. The Morgan fingerprint density at radius 2 is 1.83 bits per heavy atom. The smallest absolute Gasteiger partial charge is 0.291 e. The van der Waals surface area contributed by atoms with Crippen molar-refractivity contribution in [1.82, 2.24) is 4.90 Å². The Kier molecular flexibility index (Phi) is 6.12. The molecule has 1 amide bonds. The molecular weight excluding hydrogens is 445 g/mol. The second kappa shape index (κ2) is 9.37. The molecule has 1 aliphatic rings. The number of halogens is 1. The number of hydrogen-bond donors (Lipinski definition) is 0. The van der Waals surface area contributed by atoms with Crippen LogP contribution in [-0.2, 0) is 6.54 Å². The fourth-order valence-electron chi connectivity index (χ4n) is 4.50. The number of aryl methyl sites for hydroxylation is 1. The molecule has 1 aromatic heterocycles. The minimum Gasteiger partial charge on any atom is -0.494 e. The average molecular weight is 472 g/mol. The van der Waals surface area contributed by atoms with Crippen LogP contribution in [0, 0.1) is 12.7 Å². The van der Waals surface area contributed by atoms with Crippen LogP contribution in [0.1, 0.15) is 58.6 Å². The molecule has 2 heterocycles. The van der Waals surface area contributed by atoms with Crippen LogP contribution < -0.4 is 10.2 Å².